The normalized spacial score (nSPS) is 12.3. The predicted octanol–water partition coefficient (Wildman–Crippen LogP) is 3.52. The number of methoxy groups -OCH3 is 1. The van der Waals surface area contributed by atoms with Crippen LogP contribution in [0.25, 0.3) is 16.8 Å². The molecular weight excluding hydrogens is 366 g/mol. The zero-order valence-corrected chi connectivity index (χ0v) is 16.7. The summed E-state index contributed by atoms with van der Waals surface area (Å²) in [5.41, 5.74) is 4.90. The standard InChI is InChI=1S/C23H23N3O3/c1-15-7-8-18(11-16(15)2)22(27)14-25-9-10-26-21(23(25)28)13-20(24-26)17-5-4-6-19(12-17)29-3/h4-13,22,27H,14H2,1-3H3/t22-/m0/s1. The number of aliphatic hydroxyl groups is 1. The van der Waals surface area contributed by atoms with Gasteiger partial charge in [-0.05, 0) is 48.7 Å². The quantitative estimate of drug-likeness (QED) is 0.567. The first-order chi connectivity index (χ1) is 14.0. The highest BCUT2D eigenvalue weighted by atomic mass is 16.5. The molecule has 2 aromatic carbocycles. The van der Waals surface area contributed by atoms with Crippen LogP contribution in [0.1, 0.15) is 22.8 Å². The van der Waals surface area contributed by atoms with Crippen molar-refractivity contribution >= 4 is 5.52 Å². The fourth-order valence-corrected chi connectivity index (χ4v) is 3.36. The number of fused-ring (bicyclic) bond motifs is 1. The molecule has 1 N–H and O–H groups in total. The molecule has 0 aliphatic rings. The Morgan fingerprint density at radius 3 is 2.66 bits per heavy atom. The van der Waals surface area contributed by atoms with Crippen LogP contribution in [0.4, 0.5) is 0 Å². The van der Waals surface area contributed by atoms with Crippen molar-refractivity contribution in [3.8, 4) is 17.0 Å². The summed E-state index contributed by atoms with van der Waals surface area (Å²) in [7, 11) is 1.61. The van der Waals surface area contributed by atoms with E-state index in [9.17, 15) is 9.90 Å². The van der Waals surface area contributed by atoms with Gasteiger partial charge in [-0.1, -0.05) is 30.3 Å². The first-order valence-corrected chi connectivity index (χ1v) is 9.45. The van der Waals surface area contributed by atoms with E-state index in [4.69, 9.17) is 4.74 Å². The highest BCUT2D eigenvalue weighted by molar-refractivity contribution is 5.66. The van der Waals surface area contributed by atoms with E-state index in [1.54, 1.807) is 30.1 Å². The number of benzene rings is 2. The molecule has 0 saturated heterocycles. The average Bonchev–Trinajstić information content (AvgIpc) is 3.17. The Kier molecular flexibility index (Phi) is 4.94. The highest BCUT2D eigenvalue weighted by Crippen LogP contribution is 2.23. The van der Waals surface area contributed by atoms with E-state index in [0.29, 0.717) is 11.2 Å². The minimum atomic E-state index is -0.768. The lowest BCUT2D eigenvalue weighted by molar-refractivity contribution is 0.155. The second-order valence-corrected chi connectivity index (χ2v) is 7.21. The maximum atomic E-state index is 13.0. The Hall–Kier alpha value is -3.38. The van der Waals surface area contributed by atoms with Crippen molar-refractivity contribution in [3.63, 3.8) is 0 Å². The number of aryl methyl sites for hydroxylation is 2. The molecule has 2 heterocycles. The third-order valence-electron chi connectivity index (χ3n) is 5.25. The number of hydrogen-bond donors (Lipinski definition) is 1. The highest BCUT2D eigenvalue weighted by Gasteiger charge is 2.14. The summed E-state index contributed by atoms with van der Waals surface area (Å²) < 4.78 is 8.35. The minimum absolute atomic E-state index is 0.178. The van der Waals surface area contributed by atoms with Crippen LogP contribution in [0, 0.1) is 13.8 Å². The van der Waals surface area contributed by atoms with Gasteiger partial charge in [-0.15, -0.1) is 0 Å². The van der Waals surface area contributed by atoms with Gasteiger partial charge < -0.3 is 14.4 Å². The van der Waals surface area contributed by atoms with Crippen LogP contribution in [-0.2, 0) is 6.54 Å². The summed E-state index contributed by atoms with van der Waals surface area (Å²) in [4.78, 5) is 13.0. The fourth-order valence-electron chi connectivity index (χ4n) is 3.36. The van der Waals surface area contributed by atoms with Gasteiger partial charge in [-0.3, -0.25) is 4.79 Å². The van der Waals surface area contributed by atoms with E-state index in [2.05, 4.69) is 5.10 Å². The van der Waals surface area contributed by atoms with Gasteiger partial charge in [0, 0.05) is 18.0 Å². The molecule has 4 rings (SSSR count). The molecule has 2 aromatic heterocycles. The molecule has 0 spiro atoms. The van der Waals surface area contributed by atoms with Gasteiger partial charge in [-0.2, -0.15) is 5.10 Å². The van der Waals surface area contributed by atoms with Crippen molar-refractivity contribution < 1.29 is 9.84 Å². The maximum absolute atomic E-state index is 13.0. The Labute approximate surface area is 168 Å². The Morgan fingerprint density at radius 1 is 1.07 bits per heavy atom. The van der Waals surface area contributed by atoms with Crippen molar-refractivity contribution in [2.75, 3.05) is 7.11 Å². The first-order valence-electron chi connectivity index (χ1n) is 9.45. The summed E-state index contributed by atoms with van der Waals surface area (Å²) in [6, 6.07) is 15.2. The monoisotopic (exact) mass is 389 g/mol. The predicted molar refractivity (Wildman–Crippen MR) is 112 cm³/mol. The van der Waals surface area contributed by atoms with E-state index in [-0.39, 0.29) is 12.1 Å². The topological polar surface area (TPSA) is 68.8 Å². The van der Waals surface area contributed by atoms with E-state index in [1.807, 2.05) is 56.3 Å². The van der Waals surface area contributed by atoms with Crippen LogP contribution in [0.3, 0.4) is 0 Å². The summed E-state index contributed by atoms with van der Waals surface area (Å²) in [6.07, 6.45) is 2.62. The maximum Gasteiger partial charge on any atom is 0.276 e. The Bertz CT molecular complexity index is 1240. The number of rotatable bonds is 5. The molecule has 0 radical (unpaired) electrons. The number of nitrogens with zero attached hydrogens (tertiary/aromatic N) is 3. The lowest BCUT2D eigenvalue weighted by Gasteiger charge is -2.14. The lowest BCUT2D eigenvalue weighted by Crippen LogP contribution is -2.24. The van der Waals surface area contributed by atoms with Crippen LogP contribution in [0.5, 0.6) is 5.75 Å². The van der Waals surface area contributed by atoms with E-state index in [0.717, 1.165) is 22.4 Å². The van der Waals surface area contributed by atoms with Crippen LogP contribution in [0.2, 0.25) is 0 Å². The summed E-state index contributed by atoms with van der Waals surface area (Å²) in [6.45, 7) is 4.22. The van der Waals surface area contributed by atoms with E-state index < -0.39 is 6.10 Å². The molecule has 0 aliphatic heterocycles. The van der Waals surface area contributed by atoms with Gasteiger partial charge in [0.15, 0.2) is 0 Å². The smallest absolute Gasteiger partial charge is 0.276 e. The van der Waals surface area contributed by atoms with Crippen molar-refractivity contribution in [3.05, 3.63) is 88.0 Å². The molecule has 6 nitrogen and oxygen atoms in total. The molecule has 6 heteroatoms. The van der Waals surface area contributed by atoms with Crippen LogP contribution in [-0.4, -0.2) is 26.4 Å². The van der Waals surface area contributed by atoms with Gasteiger partial charge in [-0.25, -0.2) is 4.52 Å². The van der Waals surface area contributed by atoms with Crippen molar-refractivity contribution in [2.45, 2.75) is 26.5 Å². The van der Waals surface area contributed by atoms with Gasteiger partial charge >= 0.3 is 0 Å². The molecule has 0 amide bonds. The van der Waals surface area contributed by atoms with Gasteiger partial charge in [0.25, 0.3) is 5.56 Å². The summed E-state index contributed by atoms with van der Waals surface area (Å²) in [5, 5.41) is 15.1. The number of aromatic nitrogens is 3. The van der Waals surface area contributed by atoms with E-state index >= 15 is 0 Å². The summed E-state index contributed by atoms with van der Waals surface area (Å²) in [5.74, 6) is 0.730. The third-order valence-corrected chi connectivity index (χ3v) is 5.25. The molecule has 29 heavy (non-hydrogen) atoms. The fraction of sp³-hybridized carbons (Fsp3) is 0.217. The number of aliphatic hydroxyl groups excluding tert-OH is 1. The van der Waals surface area contributed by atoms with E-state index in [1.165, 1.54) is 10.1 Å². The molecule has 1 atom stereocenters. The lowest BCUT2D eigenvalue weighted by atomic mass is 10.0. The second kappa shape index (κ2) is 7.56. The Morgan fingerprint density at radius 2 is 1.90 bits per heavy atom. The molecule has 0 bridgehead atoms. The molecule has 0 saturated carbocycles. The van der Waals surface area contributed by atoms with Crippen molar-refractivity contribution in [1.82, 2.24) is 14.2 Å². The van der Waals surface area contributed by atoms with Gasteiger partial charge in [0.1, 0.15) is 11.3 Å². The van der Waals surface area contributed by atoms with Crippen LogP contribution < -0.4 is 10.3 Å². The zero-order valence-electron chi connectivity index (χ0n) is 16.7. The van der Waals surface area contributed by atoms with Gasteiger partial charge in [0.2, 0.25) is 0 Å². The molecule has 0 fully saturated rings. The SMILES string of the molecule is COc1cccc(-c2cc3c(=O)n(C[C@H](O)c4ccc(C)c(C)c4)ccn3n2)c1. The third kappa shape index (κ3) is 3.67. The molecule has 148 valence electrons. The number of ether oxygens (including phenoxy) is 1. The van der Waals surface area contributed by atoms with Crippen LogP contribution >= 0.6 is 0 Å². The molecular formula is C23H23N3O3. The van der Waals surface area contributed by atoms with Crippen molar-refractivity contribution in [1.29, 1.82) is 0 Å². The largest absolute Gasteiger partial charge is 0.497 e. The summed E-state index contributed by atoms with van der Waals surface area (Å²) >= 11 is 0. The molecule has 4 aromatic rings. The first kappa shape index (κ1) is 19.0. The zero-order chi connectivity index (χ0) is 20.5. The molecule has 0 unspecified atom stereocenters. The minimum Gasteiger partial charge on any atom is -0.497 e. The van der Waals surface area contributed by atoms with Gasteiger partial charge in [0.05, 0.1) is 25.5 Å². The van der Waals surface area contributed by atoms with Crippen LogP contribution in [0.15, 0.2) is 65.7 Å². The average molecular weight is 389 g/mol. The Balaban J connectivity index is 1.67. The molecule has 0 aliphatic carbocycles. The van der Waals surface area contributed by atoms with Crippen molar-refractivity contribution in [2.24, 2.45) is 0 Å². The number of hydrogen-bond acceptors (Lipinski definition) is 4. The second-order valence-electron chi connectivity index (χ2n) is 7.21.